The fraction of sp³-hybridized carbons (Fsp3) is 0.167. The summed E-state index contributed by atoms with van der Waals surface area (Å²) in [5, 5.41) is 8.76. The average Bonchev–Trinajstić information content (AvgIpc) is 2.61. The van der Waals surface area contributed by atoms with Gasteiger partial charge in [-0.3, -0.25) is 4.79 Å². The Hall–Kier alpha value is -2.40. The quantitative estimate of drug-likeness (QED) is 0.517. The van der Waals surface area contributed by atoms with Crippen LogP contribution < -0.4 is 4.90 Å². The Balaban J connectivity index is 2.01. The van der Waals surface area contributed by atoms with E-state index in [1.54, 1.807) is 48.5 Å². The number of hydrogen-bond donors (Lipinski definition) is 0. The molecule has 122 valence electrons. The molecular formula is C18H15IN2O3. The van der Waals surface area contributed by atoms with Crippen molar-refractivity contribution < 1.29 is 14.3 Å². The number of hydrogen-bond acceptors (Lipinski definition) is 4. The van der Waals surface area contributed by atoms with Crippen molar-refractivity contribution >= 4 is 40.2 Å². The zero-order valence-electron chi connectivity index (χ0n) is 12.8. The number of nitrogens with zero attached hydrogens (tertiary/aromatic N) is 2. The molecule has 0 heterocycles. The fourth-order valence-electron chi connectivity index (χ4n) is 2.04. The average molecular weight is 434 g/mol. The first-order valence-corrected chi connectivity index (χ1v) is 8.34. The Labute approximate surface area is 154 Å². The fourth-order valence-corrected chi connectivity index (χ4v) is 2.40. The highest BCUT2D eigenvalue weighted by molar-refractivity contribution is 14.1. The number of carbonyl (C=O) groups excluding carboxylic acids is 2. The minimum atomic E-state index is -0.548. The lowest BCUT2D eigenvalue weighted by molar-refractivity contribution is -0.121. The van der Waals surface area contributed by atoms with Crippen LogP contribution in [0, 0.1) is 14.9 Å². The lowest BCUT2D eigenvalue weighted by Crippen LogP contribution is -2.35. The van der Waals surface area contributed by atoms with Crippen LogP contribution in [-0.4, -0.2) is 25.0 Å². The summed E-state index contributed by atoms with van der Waals surface area (Å²) in [7, 11) is 0. The molecule has 0 atom stereocenters. The zero-order valence-corrected chi connectivity index (χ0v) is 15.0. The summed E-state index contributed by atoms with van der Waals surface area (Å²) in [6, 6.07) is 17.9. The maximum Gasteiger partial charge on any atom is 0.338 e. The molecule has 0 radical (unpaired) electrons. The van der Waals surface area contributed by atoms with Gasteiger partial charge in [-0.25, -0.2) is 4.79 Å². The third-order valence-electron chi connectivity index (χ3n) is 3.22. The van der Waals surface area contributed by atoms with Gasteiger partial charge in [0.1, 0.15) is 0 Å². The lowest BCUT2D eigenvalue weighted by Gasteiger charge is -2.21. The number of anilines is 1. The van der Waals surface area contributed by atoms with E-state index >= 15 is 0 Å². The van der Waals surface area contributed by atoms with Gasteiger partial charge >= 0.3 is 5.97 Å². The summed E-state index contributed by atoms with van der Waals surface area (Å²) in [6.45, 7) is -0.119. The number of nitriles is 1. The van der Waals surface area contributed by atoms with E-state index in [-0.39, 0.29) is 25.5 Å². The van der Waals surface area contributed by atoms with E-state index in [4.69, 9.17) is 10.00 Å². The molecular weight excluding hydrogens is 419 g/mol. The van der Waals surface area contributed by atoms with Crippen molar-refractivity contribution in [3.63, 3.8) is 0 Å². The summed E-state index contributed by atoms with van der Waals surface area (Å²) in [5.74, 6) is -0.914. The number of amides is 1. The van der Waals surface area contributed by atoms with Gasteiger partial charge in [0.25, 0.3) is 5.91 Å². The molecule has 0 fully saturated rings. The van der Waals surface area contributed by atoms with Gasteiger partial charge in [0.15, 0.2) is 6.61 Å². The smallest absolute Gasteiger partial charge is 0.338 e. The van der Waals surface area contributed by atoms with Crippen molar-refractivity contribution in [3.8, 4) is 6.07 Å². The van der Waals surface area contributed by atoms with Gasteiger partial charge in [0.2, 0.25) is 0 Å². The molecule has 0 N–H and O–H groups in total. The van der Waals surface area contributed by atoms with Crippen molar-refractivity contribution in [2.24, 2.45) is 0 Å². The number of halogens is 1. The van der Waals surface area contributed by atoms with Crippen LogP contribution in [0.5, 0.6) is 0 Å². The van der Waals surface area contributed by atoms with Crippen LogP contribution in [0.1, 0.15) is 16.8 Å². The van der Waals surface area contributed by atoms with Gasteiger partial charge in [0, 0.05) is 15.8 Å². The molecule has 1 amide bonds. The van der Waals surface area contributed by atoms with Crippen LogP contribution in [0.2, 0.25) is 0 Å². The molecule has 0 aromatic heterocycles. The Kier molecular flexibility index (Phi) is 6.75. The number of carbonyl (C=O) groups is 2. The number of benzene rings is 2. The minimum Gasteiger partial charge on any atom is -0.452 e. The van der Waals surface area contributed by atoms with Crippen molar-refractivity contribution in [2.45, 2.75) is 6.42 Å². The van der Waals surface area contributed by atoms with E-state index < -0.39 is 5.97 Å². The van der Waals surface area contributed by atoms with E-state index in [1.807, 2.05) is 12.1 Å². The first-order valence-electron chi connectivity index (χ1n) is 7.27. The van der Waals surface area contributed by atoms with E-state index in [0.717, 1.165) is 3.57 Å². The first kappa shape index (κ1) is 17.9. The third-order valence-corrected chi connectivity index (χ3v) is 3.94. The largest absolute Gasteiger partial charge is 0.452 e. The molecule has 0 aliphatic rings. The summed E-state index contributed by atoms with van der Waals surface area (Å²) >= 11 is 2.14. The lowest BCUT2D eigenvalue weighted by atomic mass is 10.2. The summed E-state index contributed by atoms with van der Waals surface area (Å²) in [5.41, 5.74) is 1.06. The summed E-state index contributed by atoms with van der Waals surface area (Å²) < 4.78 is 6.10. The van der Waals surface area contributed by atoms with Gasteiger partial charge in [-0.1, -0.05) is 18.2 Å². The molecule has 0 spiro atoms. The minimum absolute atomic E-state index is 0.200. The van der Waals surface area contributed by atoms with E-state index in [9.17, 15) is 9.59 Å². The Morgan fingerprint density at radius 3 is 2.38 bits per heavy atom. The van der Waals surface area contributed by atoms with Gasteiger partial charge in [-0.2, -0.15) is 5.26 Å². The highest BCUT2D eigenvalue weighted by atomic mass is 127. The number of rotatable bonds is 6. The number of esters is 1. The maximum absolute atomic E-state index is 12.4. The van der Waals surface area contributed by atoms with Crippen LogP contribution in [-0.2, 0) is 9.53 Å². The molecule has 0 saturated heterocycles. The highest BCUT2D eigenvalue weighted by Crippen LogP contribution is 2.14. The molecule has 0 bridgehead atoms. The van der Waals surface area contributed by atoms with Crippen molar-refractivity contribution in [1.29, 1.82) is 5.26 Å². The SMILES string of the molecule is N#CCCN(C(=O)COC(=O)c1ccc(I)cc1)c1ccccc1. The monoisotopic (exact) mass is 434 g/mol. The predicted octanol–water partition coefficient (Wildman–Crippen LogP) is 3.39. The molecule has 0 aliphatic carbocycles. The molecule has 0 aliphatic heterocycles. The number of para-hydroxylation sites is 1. The van der Waals surface area contributed by atoms with Gasteiger partial charge in [-0.15, -0.1) is 0 Å². The van der Waals surface area contributed by atoms with Crippen LogP contribution in [0.4, 0.5) is 5.69 Å². The zero-order chi connectivity index (χ0) is 17.4. The topological polar surface area (TPSA) is 70.4 Å². The second-order valence-electron chi connectivity index (χ2n) is 4.87. The first-order chi connectivity index (χ1) is 11.6. The number of ether oxygens (including phenoxy) is 1. The molecule has 2 aromatic rings. The van der Waals surface area contributed by atoms with Crippen molar-refractivity contribution in [2.75, 3.05) is 18.1 Å². The molecule has 6 heteroatoms. The van der Waals surface area contributed by atoms with Gasteiger partial charge in [0.05, 0.1) is 18.1 Å². The Bertz CT molecular complexity index is 739. The van der Waals surface area contributed by atoms with E-state index in [2.05, 4.69) is 22.6 Å². The molecule has 2 aromatic carbocycles. The van der Waals surface area contributed by atoms with Gasteiger partial charge < -0.3 is 9.64 Å². The summed E-state index contributed by atoms with van der Waals surface area (Å²) in [4.78, 5) is 25.8. The maximum atomic E-state index is 12.4. The normalized spacial score (nSPS) is 9.83. The molecule has 2 rings (SSSR count). The van der Waals surface area contributed by atoms with E-state index in [0.29, 0.717) is 11.3 Å². The van der Waals surface area contributed by atoms with Gasteiger partial charge in [-0.05, 0) is 59.0 Å². The highest BCUT2D eigenvalue weighted by Gasteiger charge is 2.17. The van der Waals surface area contributed by atoms with Crippen molar-refractivity contribution in [1.82, 2.24) is 0 Å². The Morgan fingerprint density at radius 2 is 1.75 bits per heavy atom. The van der Waals surface area contributed by atoms with Crippen LogP contribution in [0.25, 0.3) is 0 Å². The Morgan fingerprint density at radius 1 is 1.08 bits per heavy atom. The molecule has 24 heavy (non-hydrogen) atoms. The van der Waals surface area contributed by atoms with Crippen LogP contribution >= 0.6 is 22.6 Å². The van der Waals surface area contributed by atoms with Crippen LogP contribution in [0.3, 0.4) is 0 Å². The predicted molar refractivity (Wildman–Crippen MR) is 98.5 cm³/mol. The second kappa shape index (κ2) is 9.03. The molecule has 0 saturated carbocycles. The van der Waals surface area contributed by atoms with Crippen molar-refractivity contribution in [3.05, 3.63) is 63.7 Å². The second-order valence-corrected chi connectivity index (χ2v) is 6.12. The molecule has 5 nitrogen and oxygen atoms in total. The third kappa shape index (κ3) is 5.06. The molecule has 0 unspecified atom stereocenters. The summed E-state index contributed by atoms with van der Waals surface area (Å²) in [6.07, 6.45) is 0.200. The standard InChI is InChI=1S/C18H15IN2O3/c19-15-9-7-14(8-10-15)18(23)24-13-17(22)21(12-4-11-20)16-5-2-1-3-6-16/h1-3,5-10H,4,12-13H2. The van der Waals surface area contributed by atoms with E-state index in [1.165, 1.54) is 4.90 Å². The van der Waals surface area contributed by atoms with Crippen LogP contribution in [0.15, 0.2) is 54.6 Å².